The third-order valence-electron chi connectivity index (χ3n) is 4.05. The number of thiocarbonyl (C=S) groups is 1. The minimum absolute atomic E-state index is 0.0531. The van der Waals surface area contributed by atoms with Crippen LogP contribution in [0.5, 0.6) is 0 Å². The Balaban J connectivity index is 2.02. The number of para-hydroxylation sites is 1. The molecule has 1 heterocycles. The Morgan fingerprint density at radius 2 is 1.85 bits per heavy atom. The number of rotatable bonds is 4. The number of benzene rings is 2. The molecule has 0 spiro atoms. The minimum Gasteiger partial charge on any atom is -0.622 e. The van der Waals surface area contributed by atoms with Gasteiger partial charge in [0.25, 0.3) is 11.9 Å². The summed E-state index contributed by atoms with van der Waals surface area (Å²) in [4.78, 5) is 12.3. The third kappa shape index (κ3) is 3.56. The van der Waals surface area contributed by atoms with Crippen LogP contribution in [0.1, 0.15) is 19.4 Å². The highest BCUT2D eigenvalue weighted by Gasteiger charge is 2.51. The molecule has 1 saturated heterocycles. The Bertz CT molecular complexity index is 884. The van der Waals surface area contributed by atoms with Crippen LogP contribution in [0.4, 0.5) is 11.4 Å². The van der Waals surface area contributed by atoms with Crippen molar-refractivity contribution < 1.29 is 9.66 Å². The Kier molecular flexibility index (Phi) is 4.97. The molecular formula is C18H17N3O3S2. The second kappa shape index (κ2) is 7.05. The molecule has 1 aliphatic rings. The molecule has 2 aromatic rings. The molecule has 0 aromatic heterocycles. The van der Waals surface area contributed by atoms with Gasteiger partial charge in [-0.25, -0.2) is 0 Å². The molecule has 134 valence electrons. The molecule has 6 nitrogen and oxygen atoms in total. The van der Waals surface area contributed by atoms with Gasteiger partial charge < -0.3 is 5.21 Å². The van der Waals surface area contributed by atoms with Crippen LogP contribution in [-0.2, 0) is 0 Å². The fourth-order valence-corrected chi connectivity index (χ4v) is 4.85. The maximum atomic E-state index is 13.0. The van der Waals surface area contributed by atoms with Crippen molar-refractivity contribution in [1.82, 2.24) is 0 Å². The van der Waals surface area contributed by atoms with Crippen molar-refractivity contribution in [3.8, 4) is 0 Å². The monoisotopic (exact) mass is 387 g/mol. The van der Waals surface area contributed by atoms with E-state index in [4.69, 9.17) is 12.2 Å². The lowest BCUT2D eigenvalue weighted by molar-refractivity contribution is -0.497. The molecule has 1 fully saturated rings. The maximum Gasteiger partial charge on any atom is 0.270 e. The summed E-state index contributed by atoms with van der Waals surface area (Å²) in [5.41, 5.74) is 1.26. The first-order valence-corrected chi connectivity index (χ1v) is 9.14. The van der Waals surface area contributed by atoms with Gasteiger partial charge in [0, 0.05) is 23.4 Å². The number of anilines is 1. The molecule has 0 N–H and O–H groups in total. The van der Waals surface area contributed by atoms with Crippen molar-refractivity contribution in [3.63, 3.8) is 0 Å². The van der Waals surface area contributed by atoms with E-state index in [1.54, 1.807) is 12.1 Å². The summed E-state index contributed by atoms with van der Waals surface area (Å²) in [6.07, 6.45) is 0.811. The summed E-state index contributed by atoms with van der Waals surface area (Å²) in [5, 5.41) is 24.0. The molecule has 8 heteroatoms. The zero-order chi connectivity index (χ0) is 18.9. The van der Waals surface area contributed by atoms with Crippen molar-refractivity contribution in [2.75, 3.05) is 4.90 Å². The van der Waals surface area contributed by atoms with Gasteiger partial charge in [-0.2, -0.15) is 4.74 Å². The second-order valence-corrected chi connectivity index (χ2v) is 8.68. The number of nitro benzene ring substituents is 1. The van der Waals surface area contributed by atoms with Crippen molar-refractivity contribution in [3.05, 3.63) is 75.5 Å². The Morgan fingerprint density at radius 3 is 2.50 bits per heavy atom. The number of non-ortho nitro benzene ring substituents is 1. The minimum atomic E-state index is -0.568. The van der Waals surface area contributed by atoms with Gasteiger partial charge in [0.2, 0.25) is 0 Å². The van der Waals surface area contributed by atoms with Gasteiger partial charge in [0.1, 0.15) is 9.07 Å². The zero-order valence-corrected chi connectivity index (χ0v) is 15.9. The normalized spacial score (nSPS) is 19.6. The largest absolute Gasteiger partial charge is 0.622 e. The SMILES string of the molecule is CC1(C)SC(=S)N(c2ccccc2)C1[N+]([O-])=Cc1cccc([N+](=O)[O-])c1. The van der Waals surface area contributed by atoms with Gasteiger partial charge >= 0.3 is 0 Å². The summed E-state index contributed by atoms with van der Waals surface area (Å²) in [6, 6.07) is 15.5. The van der Waals surface area contributed by atoms with E-state index in [0.29, 0.717) is 9.88 Å². The molecule has 0 bridgehead atoms. The quantitative estimate of drug-likeness (QED) is 0.196. The molecule has 0 amide bonds. The summed E-state index contributed by atoms with van der Waals surface area (Å²) in [7, 11) is 0. The van der Waals surface area contributed by atoms with Crippen molar-refractivity contribution in [1.29, 1.82) is 0 Å². The number of hydrogen-bond donors (Lipinski definition) is 0. The second-order valence-electron chi connectivity index (χ2n) is 6.39. The number of nitro groups is 1. The van der Waals surface area contributed by atoms with Crippen molar-refractivity contribution in [2.24, 2.45) is 0 Å². The van der Waals surface area contributed by atoms with E-state index in [2.05, 4.69) is 0 Å². The first kappa shape index (κ1) is 18.3. The summed E-state index contributed by atoms with van der Waals surface area (Å²) in [5.74, 6) is 0. The smallest absolute Gasteiger partial charge is 0.270 e. The van der Waals surface area contributed by atoms with Gasteiger partial charge in [-0.15, -0.1) is 0 Å². The topological polar surface area (TPSA) is 72.5 Å². The van der Waals surface area contributed by atoms with E-state index >= 15 is 0 Å². The molecule has 3 rings (SSSR count). The van der Waals surface area contributed by atoms with E-state index in [9.17, 15) is 15.3 Å². The average Bonchev–Trinajstić information content (AvgIpc) is 2.84. The van der Waals surface area contributed by atoms with Gasteiger partial charge in [-0.1, -0.05) is 48.2 Å². The molecule has 0 aliphatic carbocycles. The highest BCUT2D eigenvalue weighted by Crippen LogP contribution is 2.43. The van der Waals surface area contributed by atoms with E-state index < -0.39 is 15.8 Å². The van der Waals surface area contributed by atoms with Gasteiger partial charge in [-0.3, -0.25) is 15.0 Å². The van der Waals surface area contributed by atoms with Gasteiger partial charge in [0.05, 0.1) is 4.92 Å². The van der Waals surface area contributed by atoms with Crippen LogP contribution in [0, 0.1) is 15.3 Å². The first-order valence-electron chi connectivity index (χ1n) is 7.91. The molecule has 0 saturated carbocycles. The van der Waals surface area contributed by atoms with Gasteiger partial charge in [-0.05, 0) is 32.0 Å². The fraction of sp³-hybridized carbons (Fsp3) is 0.222. The molecular weight excluding hydrogens is 370 g/mol. The van der Waals surface area contributed by atoms with Crippen LogP contribution in [0.25, 0.3) is 0 Å². The highest BCUT2D eigenvalue weighted by atomic mass is 32.2. The van der Waals surface area contributed by atoms with Crippen LogP contribution >= 0.6 is 24.0 Å². The fourth-order valence-electron chi connectivity index (χ4n) is 2.93. The van der Waals surface area contributed by atoms with Crippen molar-refractivity contribution in [2.45, 2.75) is 24.8 Å². The number of nitrogens with zero attached hydrogens (tertiary/aromatic N) is 3. The lowest BCUT2D eigenvalue weighted by atomic mass is 10.1. The molecule has 26 heavy (non-hydrogen) atoms. The molecule has 1 atom stereocenters. The Labute approximate surface area is 160 Å². The number of hydroxylamine groups is 1. The van der Waals surface area contributed by atoms with Crippen LogP contribution in [-0.4, -0.2) is 31.1 Å². The van der Waals surface area contributed by atoms with E-state index in [-0.39, 0.29) is 5.69 Å². The summed E-state index contributed by atoms with van der Waals surface area (Å²) in [6.45, 7) is 3.92. The van der Waals surface area contributed by atoms with E-state index in [0.717, 1.165) is 10.4 Å². The van der Waals surface area contributed by atoms with Crippen LogP contribution in [0.2, 0.25) is 0 Å². The average molecular weight is 387 g/mol. The number of thioether (sulfide) groups is 1. The molecule has 0 radical (unpaired) electrons. The van der Waals surface area contributed by atoms with E-state index in [1.807, 2.05) is 49.1 Å². The van der Waals surface area contributed by atoms with Crippen molar-refractivity contribution >= 4 is 45.9 Å². The van der Waals surface area contributed by atoms with Crippen LogP contribution in [0.15, 0.2) is 54.6 Å². The molecule has 1 unspecified atom stereocenters. The molecule has 1 aliphatic heterocycles. The standard InChI is InChI=1S/C18H17N3O3S2/c1-18(2)16(20(17(25)26-18)14-8-4-3-5-9-14)19(22)12-13-7-6-10-15(11-13)21(23)24/h3-12,16H,1-2H3. The predicted octanol–water partition coefficient (Wildman–Crippen LogP) is 4.17. The van der Waals surface area contributed by atoms with Gasteiger partial charge in [0.15, 0.2) is 6.21 Å². The summed E-state index contributed by atoms with van der Waals surface area (Å²) < 4.78 is 1.00. The molecule has 2 aromatic carbocycles. The first-order chi connectivity index (χ1) is 12.3. The lowest BCUT2D eigenvalue weighted by Gasteiger charge is -2.29. The number of hydrogen-bond acceptors (Lipinski definition) is 5. The maximum absolute atomic E-state index is 13.0. The highest BCUT2D eigenvalue weighted by molar-refractivity contribution is 8.24. The van der Waals surface area contributed by atoms with E-state index in [1.165, 1.54) is 30.1 Å². The summed E-state index contributed by atoms with van der Waals surface area (Å²) >= 11 is 6.98. The lowest BCUT2D eigenvalue weighted by Crippen LogP contribution is -2.48. The third-order valence-corrected chi connectivity index (χ3v) is 5.60. The van der Waals surface area contributed by atoms with Crippen LogP contribution in [0.3, 0.4) is 0 Å². The predicted molar refractivity (Wildman–Crippen MR) is 109 cm³/mol. The zero-order valence-electron chi connectivity index (χ0n) is 14.2. The Morgan fingerprint density at radius 1 is 1.15 bits per heavy atom. The van der Waals surface area contributed by atoms with Crippen LogP contribution < -0.4 is 4.90 Å². The Hall–Kier alpha value is -2.45.